The number of nitrogens with zero attached hydrogens (tertiary/aromatic N) is 1. The Kier molecular flexibility index (Phi) is 5.71. The molecule has 0 aromatic rings. The van der Waals surface area contributed by atoms with E-state index in [1.54, 1.807) is 0 Å². The lowest BCUT2D eigenvalue weighted by molar-refractivity contribution is -0.135. The van der Waals surface area contributed by atoms with Crippen molar-refractivity contribution >= 4 is 5.78 Å². The molecule has 16 heavy (non-hydrogen) atoms. The van der Waals surface area contributed by atoms with E-state index in [-0.39, 0.29) is 11.9 Å². The van der Waals surface area contributed by atoms with Crippen LogP contribution in [0.15, 0.2) is 12.2 Å². The lowest BCUT2D eigenvalue weighted by Gasteiger charge is -2.31. The Morgan fingerprint density at radius 3 is 2.88 bits per heavy atom. The summed E-state index contributed by atoms with van der Waals surface area (Å²) in [7, 11) is 0. The molecular formula is C13H23NO2. The molecule has 1 atom stereocenters. The van der Waals surface area contributed by atoms with E-state index in [1.807, 2.05) is 6.92 Å². The first-order valence-electron chi connectivity index (χ1n) is 6.20. The van der Waals surface area contributed by atoms with E-state index in [2.05, 4.69) is 18.4 Å². The molecule has 0 aromatic heterocycles. The average Bonchev–Trinajstić information content (AvgIpc) is 2.29. The zero-order valence-electron chi connectivity index (χ0n) is 10.5. The van der Waals surface area contributed by atoms with E-state index in [1.165, 1.54) is 0 Å². The monoisotopic (exact) mass is 225 g/mol. The fraction of sp³-hybridized carbons (Fsp3) is 0.769. The Morgan fingerprint density at radius 2 is 2.25 bits per heavy atom. The van der Waals surface area contributed by atoms with Crippen molar-refractivity contribution in [3.63, 3.8) is 0 Å². The van der Waals surface area contributed by atoms with E-state index in [0.29, 0.717) is 13.0 Å². The highest BCUT2D eigenvalue weighted by molar-refractivity contribution is 5.85. The summed E-state index contributed by atoms with van der Waals surface area (Å²) in [6, 6.07) is 0. The number of ketones is 1. The quantitative estimate of drug-likeness (QED) is 0.648. The summed E-state index contributed by atoms with van der Waals surface area (Å²) in [6.45, 7) is 11.5. The van der Waals surface area contributed by atoms with Gasteiger partial charge in [0.25, 0.3) is 0 Å². The number of morpholine rings is 1. The van der Waals surface area contributed by atoms with Crippen molar-refractivity contribution in [2.45, 2.75) is 39.2 Å². The largest absolute Gasteiger partial charge is 0.368 e. The summed E-state index contributed by atoms with van der Waals surface area (Å²) in [6.07, 6.45) is 2.24. The first kappa shape index (κ1) is 13.4. The topological polar surface area (TPSA) is 29.5 Å². The molecule has 3 heteroatoms. The number of allylic oxidation sites excluding steroid dienone is 1. The number of carbonyl (C=O) groups is 1. The zero-order chi connectivity index (χ0) is 12.0. The van der Waals surface area contributed by atoms with Crippen LogP contribution in [0.25, 0.3) is 0 Å². The minimum atomic E-state index is -0.233. The molecule has 92 valence electrons. The van der Waals surface area contributed by atoms with Crippen molar-refractivity contribution in [1.82, 2.24) is 4.90 Å². The summed E-state index contributed by atoms with van der Waals surface area (Å²) < 4.78 is 5.53. The lowest BCUT2D eigenvalue weighted by Crippen LogP contribution is -2.46. The molecule has 1 aliphatic rings. The molecule has 1 rings (SSSR count). The maximum Gasteiger partial charge on any atom is 0.166 e. The van der Waals surface area contributed by atoms with Gasteiger partial charge in [-0.1, -0.05) is 26.0 Å². The maximum absolute atomic E-state index is 11.9. The SMILES string of the molecule is C=C(CC)CC(=O)C1CN(CCC)CCO1. The maximum atomic E-state index is 11.9. The molecule has 0 radical (unpaired) electrons. The van der Waals surface area contributed by atoms with Crippen LogP contribution in [-0.4, -0.2) is 43.0 Å². The molecule has 1 heterocycles. The van der Waals surface area contributed by atoms with Crippen LogP contribution in [0.1, 0.15) is 33.1 Å². The number of Topliss-reactive ketones (excluding diaryl/α,β-unsaturated/α-hetero) is 1. The minimum Gasteiger partial charge on any atom is -0.368 e. The third-order valence-corrected chi connectivity index (χ3v) is 2.97. The molecule has 1 saturated heterocycles. The van der Waals surface area contributed by atoms with E-state index in [4.69, 9.17) is 4.74 Å². The predicted molar refractivity (Wildman–Crippen MR) is 65.5 cm³/mol. The molecule has 1 aliphatic heterocycles. The molecule has 0 N–H and O–H groups in total. The van der Waals surface area contributed by atoms with Crippen molar-refractivity contribution in [1.29, 1.82) is 0 Å². The highest BCUT2D eigenvalue weighted by atomic mass is 16.5. The van der Waals surface area contributed by atoms with Crippen LogP contribution in [0.5, 0.6) is 0 Å². The van der Waals surface area contributed by atoms with Gasteiger partial charge in [-0.05, 0) is 19.4 Å². The number of rotatable bonds is 6. The fourth-order valence-corrected chi connectivity index (χ4v) is 1.90. The van der Waals surface area contributed by atoms with Crippen molar-refractivity contribution in [3.05, 3.63) is 12.2 Å². The van der Waals surface area contributed by atoms with Crippen LogP contribution in [0, 0.1) is 0 Å². The molecule has 0 aromatic carbocycles. The minimum absolute atomic E-state index is 0.188. The van der Waals surface area contributed by atoms with Gasteiger partial charge in [-0.25, -0.2) is 0 Å². The van der Waals surface area contributed by atoms with Gasteiger partial charge in [0.1, 0.15) is 6.10 Å². The zero-order valence-corrected chi connectivity index (χ0v) is 10.5. The van der Waals surface area contributed by atoms with Gasteiger partial charge in [0.05, 0.1) is 6.61 Å². The summed E-state index contributed by atoms with van der Waals surface area (Å²) in [5.41, 5.74) is 1.00. The Hall–Kier alpha value is -0.670. The third-order valence-electron chi connectivity index (χ3n) is 2.97. The first-order valence-corrected chi connectivity index (χ1v) is 6.20. The van der Waals surface area contributed by atoms with E-state index < -0.39 is 0 Å². The van der Waals surface area contributed by atoms with E-state index >= 15 is 0 Å². The number of hydrogen-bond acceptors (Lipinski definition) is 3. The second kappa shape index (κ2) is 6.81. The Bertz CT molecular complexity index is 248. The third kappa shape index (κ3) is 4.06. The summed E-state index contributed by atoms with van der Waals surface area (Å²) in [4.78, 5) is 14.2. The highest BCUT2D eigenvalue weighted by Crippen LogP contribution is 2.12. The van der Waals surface area contributed by atoms with Crippen molar-refractivity contribution < 1.29 is 9.53 Å². The molecule has 0 amide bonds. The Morgan fingerprint density at radius 1 is 1.50 bits per heavy atom. The Labute approximate surface area is 98.5 Å². The summed E-state index contributed by atoms with van der Waals surface area (Å²) in [5.74, 6) is 0.188. The highest BCUT2D eigenvalue weighted by Gasteiger charge is 2.25. The normalized spacial score (nSPS) is 22.0. The standard InChI is InChI=1S/C13H23NO2/c1-4-6-14-7-8-16-13(10-14)12(15)9-11(3)5-2/h13H,3-10H2,1-2H3. The first-order chi connectivity index (χ1) is 7.67. The van der Waals surface area contributed by atoms with Gasteiger partial charge in [0.15, 0.2) is 5.78 Å². The molecular weight excluding hydrogens is 202 g/mol. The van der Waals surface area contributed by atoms with Crippen LogP contribution < -0.4 is 0 Å². The molecule has 0 bridgehead atoms. The average molecular weight is 225 g/mol. The van der Waals surface area contributed by atoms with Gasteiger partial charge in [-0.15, -0.1) is 0 Å². The summed E-state index contributed by atoms with van der Waals surface area (Å²) in [5, 5.41) is 0. The molecule has 0 spiro atoms. The van der Waals surface area contributed by atoms with Crippen LogP contribution >= 0.6 is 0 Å². The number of hydrogen-bond donors (Lipinski definition) is 0. The number of carbonyl (C=O) groups excluding carboxylic acids is 1. The molecule has 1 unspecified atom stereocenters. The second-order valence-corrected chi connectivity index (χ2v) is 4.41. The smallest absolute Gasteiger partial charge is 0.166 e. The van der Waals surface area contributed by atoms with Crippen molar-refractivity contribution in [2.75, 3.05) is 26.2 Å². The fourth-order valence-electron chi connectivity index (χ4n) is 1.90. The van der Waals surface area contributed by atoms with Gasteiger partial charge in [0.2, 0.25) is 0 Å². The van der Waals surface area contributed by atoms with Crippen LogP contribution in [-0.2, 0) is 9.53 Å². The van der Waals surface area contributed by atoms with Crippen LogP contribution in [0.2, 0.25) is 0 Å². The Balaban J connectivity index is 2.40. The second-order valence-electron chi connectivity index (χ2n) is 4.41. The predicted octanol–water partition coefficient (Wildman–Crippen LogP) is 2.02. The lowest BCUT2D eigenvalue weighted by atomic mass is 10.0. The van der Waals surface area contributed by atoms with Gasteiger partial charge in [-0.3, -0.25) is 9.69 Å². The van der Waals surface area contributed by atoms with E-state index in [9.17, 15) is 4.79 Å². The van der Waals surface area contributed by atoms with Crippen LogP contribution in [0.4, 0.5) is 0 Å². The van der Waals surface area contributed by atoms with Crippen LogP contribution in [0.3, 0.4) is 0 Å². The molecule has 3 nitrogen and oxygen atoms in total. The molecule has 1 fully saturated rings. The molecule has 0 aliphatic carbocycles. The van der Waals surface area contributed by atoms with Gasteiger partial charge >= 0.3 is 0 Å². The molecule has 0 saturated carbocycles. The van der Waals surface area contributed by atoms with Gasteiger partial charge < -0.3 is 4.74 Å². The van der Waals surface area contributed by atoms with Crippen molar-refractivity contribution in [2.24, 2.45) is 0 Å². The van der Waals surface area contributed by atoms with Crippen molar-refractivity contribution in [3.8, 4) is 0 Å². The summed E-state index contributed by atoms with van der Waals surface area (Å²) >= 11 is 0. The van der Waals surface area contributed by atoms with Gasteiger partial charge in [-0.2, -0.15) is 0 Å². The number of ether oxygens (including phenoxy) is 1. The van der Waals surface area contributed by atoms with E-state index in [0.717, 1.165) is 38.0 Å². The van der Waals surface area contributed by atoms with Gasteiger partial charge in [0, 0.05) is 19.5 Å².